The quantitative estimate of drug-likeness (QED) is 0.508. The van der Waals surface area contributed by atoms with Gasteiger partial charge in [0.1, 0.15) is 0 Å². The first-order valence-electron chi connectivity index (χ1n) is 2.94. The molecule has 0 spiro atoms. The van der Waals surface area contributed by atoms with Crippen molar-refractivity contribution in [3.8, 4) is 0 Å². The first-order chi connectivity index (χ1) is 5.88. The average molecular weight is 228 g/mol. The van der Waals surface area contributed by atoms with Crippen molar-refractivity contribution in [3.63, 3.8) is 0 Å². The molecule has 0 saturated heterocycles. The van der Waals surface area contributed by atoms with Gasteiger partial charge in [0.05, 0.1) is 0 Å². The summed E-state index contributed by atoms with van der Waals surface area (Å²) in [6.07, 6.45) is -11.4. The molecule has 0 radical (unpaired) electrons. The summed E-state index contributed by atoms with van der Waals surface area (Å²) in [5.74, 6) is -3.04. The molecule has 2 nitrogen and oxygen atoms in total. The second-order valence-corrected chi connectivity index (χ2v) is 2.34. The SMILES string of the molecule is CC(F)(C(=O)OC(F)(F)F)C(F)(F)F. The lowest BCUT2D eigenvalue weighted by molar-refractivity contribution is -0.321. The Morgan fingerprint density at radius 3 is 1.57 bits per heavy atom. The number of rotatable bonds is 1. The largest absolute Gasteiger partial charge is 0.575 e. The molecule has 0 rings (SSSR count). The van der Waals surface area contributed by atoms with Gasteiger partial charge in [0.25, 0.3) is 5.67 Å². The van der Waals surface area contributed by atoms with Gasteiger partial charge in [-0.15, -0.1) is 13.2 Å². The number of ether oxygens (including phenoxy) is 1. The molecule has 0 aromatic carbocycles. The van der Waals surface area contributed by atoms with Crippen LogP contribution in [0.15, 0.2) is 0 Å². The minimum absolute atomic E-state index is 0.360. The van der Waals surface area contributed by atoms with Gasteiger partial charge in [0.2, 0.25) is 0 Å². The smallest absolute Gasteiger partial charge is 0.370 e. The van der Waals surface area contributed by atoms with Crippen LogP contribution in [-0.2, 0) is 9.53 Å². The number of carbonyl (C=O) groups excluding carboxylic acids is 1. The molecule has 14 heavy (non-hydrogen) atoms. The zero-order valence-electron chi connectivity index (χ0n) is 6.46. The summed E-state index contributed by atoms with van der Waals surface area (Å²) in [5.41, 5.74) is -4.68. The van der Waals surface area contributed by atoms with E-state index in [-0.39, 0.29) is 6.92 Å². The van der Waals surface area contributed by atoms with Crippen LogP contribution in [0, 0.1) is 0 Å². The van der Waals surface area contributed by atoms with Crippen LogP contribution in [0.25, 0.3) is 0 Å². The van der Waals surface area contributed by atoms with Gasteiger partial charge in [0.15, 0.2) is 0 Å². The normalized spacial score (nSPS) is 17.4. The van der Waals surface area contributed by atoms with Crippen molar-refractivity contribution in [3.05, 3.63) is 0 Å². The molecule has 0 aliphatic carbocycles. The van der Waals surface area contributed by atoms with E-state index in [4.69, 9.17) is 0 Å². The van der Waals surface area contributed by atoms with E-state index in [1.54, 1.807) is 0 Å². The van der Waals surface area contributed by atoms with Crippen molar-refractivity contribution >= 4 is 5.97 Å². The van der Waals surface area contributed by atoms with Crippen LogP contribution < -0.4 is 0 Å². The van der Waals surface area contributed by atoms with Gasteiger partial charge in [-0.05, 0) is 6.92 Å². The number of hydrogen-bond donors (Lipinski definition) is 0. The highest BCUT2D eigenvalue weighted by Crippen LogP contribution is 2.36. The fourth-order valence-corrected chi connectivity index (χ4v) is 0.317. The summed E-state index contributed by atoms with van der Waals surface area (Å²) in [5, 5.41) is 0. The molecule has 0 bridgehead atoms. The molecule has 1 atom stereocenters. The standard InChI is InChI=1S/C5H3F7O2/c1-3(6,4(7,8)9)2(13)14-5(10,11)12/h1H3. The number of alkyl halides is 7. The Morgan fingerprint density at radius 1 is 1.00 bits per heavy atom. The number of carbonyl (C=O) groups is 1. The van der Waals surface area contributed by atoms with Crippen LogP contribution >= 0.6 is 0 Å². The molecule has 0 aromatic rings. The second-order valence-electron chi connectivity index (χ2n) is 2.34. The third-order valence-electron chi connectivity index (χ3n) is 1.12. The number of esters is 1. The maximum Gasteiger partial charge on any atom is 0.575 e. The maximum absolute atomic E-state index is 12.4. The van der Waals surface area contributed by atoms with Gasteiger partial charge in [0, 0.05) is 0 Å². The van der Waals surface area contributed by atoms with Crippen molar-refractivity contribution < 1.29 is 40.3 Å². The van der Waals surface area contributed by atoms with Crippen LogP contribution in [-0.4, -0.2) is 24.2 Å². The highest BCUT2D eigenvalue weighted by Gasteiger charge is 2.61. The fraction of sp³-hybridized carbons (Fsp3) is 0.800. The fourth-order valence-electron chi connectivity index (χ4n) is 0.317. The first-order valence-corrected chi connectivity index (χ1v) is 2.94. The van der Waals surface area contributed by atoms with Crippen LogP contribution in [0.4, 0.5) is 30.7 Å². The Balaban J connectivity index is 4.70. The molecule has 0 heterocycles. The van der Waals surface area contributed by atoms with E-state index in [1.165, 1.54) is 0 Å². The lowest BCUT2D eigenvalue weighted by atomic mass is 10.1. The Kier molecular flexibility index (Phi) is 3.04. The van der Waals surface area contributed by atoms with E-state index in [0.717, 1.165) is 0 Å². The predicted molar refractivity (Wildman–Crippen MR) is 27.7 cm³/mol. The van der Waals surface area contributed by atoms with Crippen molar-refractivity contribution in [2.45, 2.75) is 25.1 Å². The van der Waals surface area contributed by atoms with Crippen molar-refractivity contribution in [1.82, 2.24) is 0 Å². The van der Waals surface area contributed by atoms with Crippen molar-refractivity contribution in [2.75, 3.05) is 0 Å². The molecule has 0 fully saturated rings. The van der Waals surface area contributed by atoms with E-state index in [1.807, 2.05) is 0 Å². The van der Waals surface area contributed by atoms with Crippen LogP contribution in [0.5, 0.6) is 0 Å². The van der Waals surface area contributed by atoms with Crippen LogP contribution in [0.3, 0.4) is 0 Å². The molecule has 0 amide bonds. The highest BCUT2D eigenvalue weighted by atomic mass is 19.4. The van der Waals surface area contributed by atoms with Gasteiger partial charge in [-0.2, -0.15) is 13.2 Å². The Morgan fingerprint density at radius 2 is 1.36 bits per heavy atom. The first kappa shape index (κ1) is 13.0. The van der Waals surface area contributed by atoms with E-state index in [0.29, 0.717) is 0 Å². The molecule has 0 aliphatic heterocycles. The lowest BCUT2D eigenvalue weighted by Gasteiger charge is -2.21. The van der Waals surface area contributed by atoms with E-state index in [9.17, 15) is 35.5 Å². The Hall–Kier alpha value is -1.02. The van der Waals surface area contributed by atoms with Crippen molar-refractivity contribution in [1.29, 1.82) is 0 Å². The predicted octanol–water partition coefficient (Wildman–Crippen LogP) is 2.34. The third kappa shape index (κ3) is 3.04. The topological polar surface area (TPSA) is 26.3 Å². The summed E-state index contributed by atoms with van der Waals surface area (Å²) in [4.78, 5) is 10.1. The molecule has 0 N–H and O–H groups in total. The highest BCUT2D eigenvalue weighted by molar-refractivity contribution is 5.80. The second kappa shape index (κ2) is 3.28. The summed E-state index contributed by atoms with van der Waals surface area (Å²) in [7, 11) is 0. The van der Waals surface area contributed by atoms with Gasteiger partial charge in [-0.25, -0.2) is 9.18 Å². The molecular weight excluding hydrogens is 225 g/mol. The van der Waals surface area contributed by atoms with Gasteiger partial charge in [-0.3, -0.25) is 0 Å². The monoisotopic (exact) mass is 228 g/mol. The zero-order valence-corrected chi connectivity index (χ0v) is 6.46. The molecule has 9 heteroatoms. The molecule has 0 saturated carbocycles. The Bertz CT molecular complexity index is 225. The molecule has 84 valence electrons. The lowest BCUT2D eigenvalue weighted by Crippen LogP contribution is -2.48. The van der Waals surface area contributed by atoms with Crippen LogP contribution in [0.1, 0.15) is 6.92 Å². The molecular formula is C5H3F7O2. The van der Waals surface area contributed by atoms with Gasteiger partial charge < -0.3 is 4.74 Å². The summed E-state index contributed by atoms with van der Waals surface area (Å²) in [6.45, 7) is -0.360. The zero-order chi connectivity index (χ0) is 11.8. The van der Waals surface area contributed by atoms with Crippen LogP contribution in [0.2, 0.25) is 0 Å². The molecule has 0 aromatic heterocycles. The minimum Gasteiger partial charge on any atom is -0.370 e. The molecule has 1 unspecified atom stereocenters. The van der Waals surface area contributed by atoms with Gasteiger partial charge >= 0.3 is 18.5 Å². The molecule has 0 aliphatic rings. The Labute approximate surface area is 72.6 Å². The average Bonchev–Trinajstić information content (AvgIpc) is 1.80. The summed E-state index contributed by atoms with van der Waals surface area (Å²) >= 11 is 0. The van der Waals surface area contributed by atoms with E-state index < -0.39 is 24.2 Å². The number of halogens is 7. The van der Waals surface area contributed by atoms with E-state index >= 15 is 0 Å². The number of hydrogen-bond acceptors (Lipinski definition) is 2. The van der Waals surface area contributed by atoms with Gasteiger partial charge in [-0.1, -0.05) is 0 Å². The van der Waals surface area contributed by atoms with E-state index in [2.05, 4.69) is 4.74 Å². The summed E-state index contributed by atoms with van der Waals surface area (Å²) in [6, 6.07) is 0. The maximum atomic E-state index is 12.4. The minimum atomic E-state index is -5.75. The van der Waals surface area contributed by atoms with Crippen molar-refractivity contribution in [2.24, 2.45) is 0 Å². The third-order valence-corrected chi connectivity index (χ3v) is 1.12. The summed E-state index contributed by atoms with van der Waals surface area (Å²) < 4.78 is 83.3.